The SMILES string of the molecule is COc1ccc(NC(=O)C(=O)NCC(C)(O)CCc2ccccc2)cc1. The summed E-state index contributed by atoms with van der Waals surface area (Å²) in [6.45, 7) is 1.63. The van der Waals surface area contributed by atoms with Crippen LogP contribution in [0.2, 0.25) is 0 Å². The Morgan fingerprint density at radius 3 is 2.31 bits per heavy atom. The van der Waals surface area contributed by atoms with Crippen LogP contribution >= 0.6 is 0 Å². The first kappa shape index (κ1) is 19.5. The Bertz CT molecular complexity index is 727. The molecule has 0 aromatic heterocycles. The molecule has 0 bridgehead atoms. The Hall–Kier alpha value is -2.86. The highest BCUT2D eigenvalue weighted by Gasteiger charge is 2.23. The summed E-state index contributed by atoms with van der Waals surface area (Å²) in [6, 6.07) is 16.4. The molecular formula is C20H24N2O4. The van der Waals surface area contributed by atoms with Crippen LogP contribution in [0.1, 0.15) is 18.9 Å². The smallest absolute Gasteiger partial charge is 0.313 e. The third-order valence-electron chi connectivity index (χ3n) is 3.98. The van der Waals surface area contributed by atoms with Gasteiger partial charge >= 0.3 is 11.8 Å². The van der Waals surface area contributed by atoms with Gasteiger partial charge in [-0.1, -0.05) is 30.3 Å². The third kappa shape index (κ3) is 6.22. The molecule has 2 aromatic carbocycles. The summed E-state index contributed by atoms with van der Waals surface area (Å²) < 4.78 is 5.03. The maximum absolute atomic E-state index is 11.9. The molecule has 0 aliphatic carbocycles. The minimum Gasteiger partial charge on any atom is -0.497 e. The summed E-state index contributed by atoms with van der Waals surface area (Å²) in [5.41, 5.74) is 0.490. The van der Waals surface area contributed by atoms with E-state index < -0.39 is 17.4 Å². The maximum atomic E-state index is 11.9. The van der Waals surface area contributed by atoms with Crippen molar-refractivity contribution >= 4 is 17.5 Å². The third-order valence-corrected chi connectivity index (χ3v) is 3.98. The molecule has 0 spiro atoms. The Kier molecular flexibility index (Phi) is 6.74. The van der Waals surface area contributed by atoms with E-state index in [4.69, 9.17) is 4.74 Å². The zero-order valence-corrected chi connectivity index (χ0v) is 15.0. The monoisotopic (exact) mass is 356 g/mol. The lowest BCUT2D eigenvalue weighted by atomic mass is 9.97. The average molecular weight is 356 g/mol. The number of benzene rings is 2. The number of carbonyl (C=O) groups is 2. The number of nitrogens with one attached hydrogen (secondary N) is 2. The van der Waals surface area contributed by atoms with Crippen LogP contribution < -0.4 is 15.4 Å². The second-order valence-electron chi connectivity index (χ2n) is 6.35. The van der Waals surface area contributed by atoms with Gasteiger partial charge in [0.2, 0.25) is 0 Å². The van der Waals surface area contributed by atoms with Gasteiger partial charge in [0, 0.05) is 12.2 Å². The molecule has 6 nitrogen and oxygen atoms in total. The van der Waals surface area contributed by atoms with E-state index in [0.717, 1.165) is 5.56 Å². The Balaban J connectivity index is 1.79. The number of hydrogen-bond acceptors (Lipinski definition) is 4. The topological polar surface area (TPSA) is 87.7 Å². The molecule has 0 aliphatic heterocycles. The highest BCUT2D eigenvalue weighted by atomic mass is 16.5. The summed E-state index contributed by atoms with van der Waals surface area (Å²) in [6.07, 6.45) is 1.15. The van der Waals surface area contributed by atoms with E-state index in [1.165, 1.54) is 0 Å². The Morgan fingerprint density at radius 1 is 1.04 bits per heavy atom. The molecule has 0 heterocycles. The lowest BCUT2D eigenvalue weighted by molar-refractivity contribution is -0.136. The van der Waals surface area contributed by atoms with Crippen LogP contribution in [-0.2, 0) is 16.0 Å². The summed E-state index contributed by atoms with van der Waals surface area (Å²) in [4.78, 5) is 23.9. The van der Waals surface area contributed by atoms with Crippen LogP contribution in [0.25, 0.3) is 0 Å². The fourth-order valence-corrected chi connectivity index (χ4v) is 2.36. The van der Waals surface area contributed by atoms with Gasteiger partial charge in [0.1, 0.15) is 5.75 Å². The predicted molar refractivity (Wildman–Crippen MR) is 100 cm³/mol. The van der Waals surface area contributed by atoms with Crippen LogP contribution in [0.4, 0.5) is 5.69 Å². The Morgan fingerprint density at radius 2 is 1.69 bits per heavy atom. The first-order valence-electron chi connectivity index (χ1n) is 8.39. The van der Waals surface area contributed by atoms with Crippen molar-refractivity contribution in [3.63, 3.8) is 0 Å². The minimum absolute atomic E-state index is 0.00526. The standard InChI is InChI=1S/C20H24N2O4/c1-20(25,13-12-15-6-4-3-5-7-15)14-21-18(23)19(24)22-16-8-10-17(26-2)11-9-16/h3-11,25H,12-14H2,1-2H3,(H,21,23)(H,22,24). The lowest BCUT2D eigenvalue weighted by Gasteiger charge is -2.23. The molecule has 0 saturated carbocycles. The summed E-state index contributed by atoms with van der Waals surface area (Å²) >= 11 is 0. The van der Waals surface area contributed by atoms with Crippen molar-refractivity contribution in [1.29, 1.82) is 0 Å². The second-order valence-corrected chi connectivity index (χ2v) is 6.35. The number of methoxy groups -OCH3 is 1. The maximum Gasteiger partial charge on any atom is 0.313 e. The average Bonchev–Trinajstić information content (AvgIpc) is 2.66. The van der Waals surface area contributed by atoms with Crippen molar-refractivity contribution in [3.8, 4) is 5.75 Å². The van der Waals surface area contributed by atoms with E-state index in [1.54, 1.807) is 38.3 Å². The van der Waals surface area contributed by atoms with Crippen LogP contribution in [-0.4, -0.2) is 36.2 Å². The van der Waals surface area contributed by atoms with Crippen LogP contribution in [0.5, 0.6) is 5.75 Å². The minimum atomic E-state index is -1.11. The lowest BCUT2D eigenvalue weighted by Crippen LogP contribution is -2.44. The molecule has 0 radical (unpaired) electrons. The van der Waals surface area contributed by atoms with Gasteiger partial charge < -0.3 is 20.5 Å². The fourth-order valence-electron chi connectivity index (χ4n) is 2.36. The zero-order valence-electron chi connectivity index (χ0n) is 15.0. The van der Waals surface area contributed by atoms with Crippen molar-refractivity contribution in [2.75, 3.05) is 19.0 Å². The van der Waals surface area contributed by atoms with Crippen molar-refractivity contribution in [1.82, 2.24) is 5.32 Å². The molecule has 2 rings (SSSR count). The number of aryl methyl sites for hydroxylation is 1. The van der Waals surface area contributed by atoms with Gasteiger partial charge in [-0.25, -0.2) is 0 Å². The van der Waals surface area contributed by atoms with Gasteiger partial charge in [0.05, 0.1) is 12.7 Å². The van der Waals surface area contributed by atoms with Crippen LogP contribution in [0.15, 0.2) is 54.6 Å². The molecule has 0 aliphatic rings. The fraction of sp³-hybridized carbons (Fsp3) is 0.300. The number of carbonyl (C=O) groups excluding carboxylic acids is 2. The van der Waals surface area contributed by atoms with Gasteiger partial charge in [0.15, 0.2) is 0 Å². The van der Waals surface area contributed by atoms with E-state index in [0.29, 0.717) is 24.3 Å². The first-order chi connectivity index (χ1) is 12.4. The van der Waals surface area contributed by atoms with Crippen molar-refractivity contribution in [2.24, 2.45) is 0 Å². The van der Waals surface area contributed by atoms with E-state index in [1.807, 2.05) is 30.3 Å². The van der Waals surface area contributed by atoms with Crippen molar-refractivity contribution in [2.45, 2.75) is 25.4 Å². The van der Waals surface area contributed by atoms with Gasteiger partial charge in [-0.15, -0.1) is 0 Å². The largest absolute Gasteiger partial charge is 0.497 e. The van der Waals surface area contributed by atoms with Gasteiger partial charge in [-0.05, 0) is 49.6 Å². The van der Waals surface area contributed by atoms with Crippen LogP contribution in [0.3, 0.4) is 0 Å². The molecule has 1 atom stereocenters. The molecule has 26 heavy (non-hydrogen) atoms. The second kappa shape index (κ2) is 9.01. The molecule has 138 valence electrons. The van der Waals surface area contributed by atoms with E-state index in [2.05, 4.69) is 10.6 Å². The number of anilines is 1. The molecule has 1 unspecified atom stereocenters. The Labute approximate surface area is 153 Å². The van der Waals surface area contributed by atoms with Gasteiger partial charge in [-0.3, -0.25) is 9.59 Å². The molecule has 0 saturated heterocycles. The quantitative estimate of drug-likeness (QED) is 0.663. The summed E-state index contributed by atoms with van der Waals surface area (Å²) in [5.74, 6) is -0.920. The molecular weight excluding hydrogens is 332 g/mol. The number of aliphatic hydroxyl groups is 1. The number of ether oxygens (including phenoxy) is 1. The molecule has 6 heteroatoms. The van der Waals surface area contributed by atoms with Crippen molar-refractivity contribution < 1.29 is 19.4 Å². The first-order valence-corrected chi connectivity index (χ1v) is 8.39. The van der Waals surface area contributed by atoms with E-state index in [-0.39, 0.29) is 6.54 Å². The number of rotatable bonds is 7. The van der Waals surface area contributed by atoms with Gasteiger partial charge in [0.25, 0.3) is 0 Å². The molecule has 0 fully saturated rings. The highest BCUT2D eigenvalue weighted by Crippen LogP contribution is 2.15. The number of hydrogen-bond donors (Lipinski definition) is 3. The zero-order chi connectivity index (χ0) is 19.0. The normalized spacial score (nSPS) is 12.7. The van der Waals surface area contributed by atoms with Crippen molar-refractivity contribution in [3.05, 3.63) is 60.2 Å². The number of amides is 2. The van der Waals surface area contributed by atoms with Gasteiger partial charge in [-0.2, -0.15) is 0 Å². The predicted octanol–water partition coefficient (Wildman–Crippen LogP) is 2.13. The molecule has 2 aromatic rings. The molecule has 2 amide bonds. The van der Waals surface area contributed by atoms with Crippen LogP contribution in [0, 0.1) is 0 Å². The highest BCUT2D eigenvalue weighted by molar-refractivity contribution is 6.39. The summed E-state index contributed by atoms with van der Waals surface area (Å²) in [5, 5.41) is 15.4. The summed E-state index contributed by atoms with van der Waals surface area (Å²) in [7, 11) is 1.55. The van der Waals surface area contributed by atoms with E-state index >= 15 is 0 Å². The molecule has 3 N–H and O–H groups in total. The van der Waals surface area contributed by atoms with E-state index in [9.17, 15) is 14.7 Å².